The van der Waals surface area contributed by atoms with Crippen LogP contribution in [-0.2, 0) is 0 Å². The molecule has 0 bridgehead atoms. The number of hydrogen-bond donors (Lipinski definition) is 1. The molecule has 2 rings (SSSR count). The second-order valence-electron chi connectivity index (χ2n) is 1.89. The van der Waals surface area contributed by atoms with Gasteiger partial charge in [0.2, 0.25) is 0 Å². The molecule has 2 aromatic rings. The van der Waals surface area contributed by atoms with Crippen molar-refractivity contribution >= 4 is 12.1 Å². The zero-order valence-electron chi connectivity index (χ0n) is 5.11. The van der Waals surface area contributed by atoms with E-state index in [0.29, 0.717) is 11.6 Å². The van der Waals surface area contributed by atoms with Gasteiger partial charge in [0.05, 0.1) is 12.4 Å². The van der Waals surface area contributed by atoms with Gasteiger partial charge >= 0.3 is 5.84 Å². The largest absolute Gasteiger partial charge is 0.422 e. The number of imidazole rings is 1. The van der Waals surface area contributed by atoms with Crippen molar-refractivity contribution in [3.8, 4) is 0 Å². The van der Waals surface area contributed by atoms with E-state index < -0.39 is 0 Å². The quantitative estimate of drug-likeness (QED) is 0.591. The summed E-state index contributed by atoms with van der Waals surface area (Å²) >= 11 is 0. The summed E-state index contributed by atoms with van der Waals surface area (Å²) in [6.07, 6.45) is 6.27. The summed E-state index contributed by atoms with van der Waals surface area (Å²) in [5, 5.41) is 6.86. The van der Waals surface area contributed by atoms with Crippen LogP contribution in [0.2, 0.25) is 0 Å². The van der Waals surface area contributed by atoms with Crippen molar-refractivity contribution in [3.63, 3.8) is 0 Å². The molecule has 0 radical (unpaired) electrons. The van der Waals surface area contributed by atoms with E-state index in [2.05, 4.69) is 4.98 Å². The highest BCUT2D eigenvalue weighted by Gasteiger charge is 1.98. The predicted octanol–water partition coefficient (Wildman–Crippen LogP) is 0.925. The van der Waals surface area contributed by atoms with Crippen LogP contribution in [0.15, 0.2) is 23.0 Å². The van der Waals surface area contributed by atoms with Gasteiger partial charge in [0, 0.05) is 12.4 Å². The van der Waals surface area contributed by atoms with Crippen molar-refractivity contribution in [2.45, 2.75) is 0 Å². The molecule has 4 heteroatoms. The highest BCUT2D eigenvalue weighted by atomic mass is 16.4. The van der Waals surface area contributed by atoms with Crippen molar-refractivity contribution < 1.29 is 4.42 Å². The number of aromatic nitrogens is 2. The van der Waals surface area contributed by atoms with Gasteiger partial charge < -0.3 is 9.83 Å². The lowest BCUT2D eigenvalue weighted by atomic mass is 10.6. The molecule has 0 aliphatic heterocycles. The van der Waals surface area contributed by atoms with Crippen LogP contribution in [-0.4, -0.2) is 15.6 Å². The maximum absolute atomic E-state index is 6.86. The molecule has 0 aromatic carbocycles. The van der Waals surface area contributed by atoms with Crippen LogP contribution >= 0.6 is 0 Å². The predicted molar refractivity (Wildman–Crippen MR) is 35.3 cm³/mol. The van der Waals surface area contributed by atoms with Crippen LogP contribution in [0.3, 0.4) is 0 Å². The van der Waals surface area contributed by atoms with Gasteiger partial charge in [-0.05, 0) is 0 Å². The van der Waals surface area contributed by atoms with Gasteiger partial charge in [-0.3, -0.25) is 4.40 Å². The summed E-state index contributed by atoms with van der Waals surface area (Å²) in [6, 6.07) is 0. The molecule has 50 valence electrons. The van der Waals surface area contributed by atoms with Gasteiger partial charge in [-0.15, -0.1) is 0 Å². The number of rotatable bonds is 1. The Morgan fingerprint density at radius 3 is 3.30 bits per heavy atom. The Kier molecular flexibility index (Phi) is 0.887. The molecule has 4 nitrogen and oxygen atoms in total. The van der Waals surface area contributed by atoms with E-state index in [9.17, 15) is 0 Å². The molecule has 2 heterocycles. The third-order valence-corrected chi connectivity index (χ3v) is 1.25. The molecule has 0 fully saturated rings. The molecular weight excluding hydrogens is 130 g/mol. The Morgan fingerprint density at radius 1 is 1.70 bits per heavy atom. The number of nitrogens with one attached hydrogen (secondary N) is 1. The van der Waals surface area contributed by atoms with E-state index in [0.717, 1.165) is 6.21 Å². The Labute approximate surface area is 56.6 Å². The lowest BCUT2D eigenvalue weighted by Gasteiger charge is -1.72. The van der Waals surface area contributed by atoms with E-state index in [1.807, 2.05) is 0 Å². The lowest BCUT2D eigenvalue weighted by molar-refractivity contribution is 0.588. The highest BCUT2D eigenvalue weighted by molar-refractivity contribution is 5.72. The fourth-order valence-electron chi connectivity index (χ4n) is 0.812. The van der Waals surface area contributed by atoms with Crippen LogP contribution < -0.4 is 0 Å². The van der Waals surface area contributed by atoms with Gasteiger partial charge in [-0.2, -0.15) is 0 Å². The van der Waals surface area contributed by atoms with E-state index in [1.54, 1.807) is 23.0 Å². The number of hydrogen-bond acceptors (Lipinski definition) is 3. The maximum Gasteiger partial charge on any atom is 0.306 e. The van der Waals surface area contributed by atoms with Crippen molar-refractivity contribution in [2.24, 2.45) is 0 Å². The van der Waals surface area contributed by atoms with Crippen molar-refractivity contribution in [1.29, 1.82) is 5.41 Å². The summed E-state index contributed by atoms with van der Waals surface area (Å²) in [4.78, 5) is 3.88. The fourth-order valence-corrected chi connectivity index (χ4v) is 0.812. The molecule has 0 unspecified atom stereocenters. The summed E-state index contributed by atoms with van der Waals surface area (Å²) in [7, 11) is 0. The Hall–Kier alpha value is -1.58. The first-order chi connectivity index (χ1) is 4.90. The van der Waals surface area contributed by atoms with E-state index in [1.165, 1.54) is 0 Å². The Balaban J connectivity index is 2.78. The molecule has 0 atom stereocenters. The fraction of sp³-hybridized carbons (Fsp3) is 0. The lowest BCUT2D eigenvalue weighted by Crippen LogP contribution is -1.71. The Morgan fingerprint density at radius 2 is 2.60 bits per heavy atom. The van der Waals surface area contributed by atoms with Crippen molar-refractivity contribution in [3.05, 3.63) is 24.4 Å². The Bertz CT molecular complexity index is 331. The molecule has 0 aliphatic rings. The topological polar surface area (TPSA) is 54.3 Å². The van der Waals surface area contributed by atoms with Crippen LogP contribution in [0, 0.1) is 5.41 Å². The SMILES string of the molecule is N=Cc1cn2ccnc2o1. The van der Waals surface area contributed by atoms with Gasteiger partial charge in [0.1, 0.15) is 0 Å². The van der Waals surface area contributed by atoms with Gasteiger partial charge in [-0.1, -0.05) is 0 Å². The van der Waals surface area contributed by atoms with Crippen LogP contribution in [0.25, 0.3) is 5.84 Å². The molecule has 0 amide bonds. The third-order valence-electron chi connectivity index (χ3n) is 1.25. The molecule has 0 spiro atoms. The monoisotopic (exact) mass is 135 g/mol. The minimum atomic E-state index is 0.517. The first kappa shape index (κ1) is 5.22. The zero-order chi connectivity index (χ0) is 6.97. The van der Waals surface area contributed by atoms with E-state index >= 15 is 0 Å². The maximum atomic E-state index is 6.86. The number of nitrogens with zero attached hydrogens (tertiary/aromatic N) is 2. The second-order valence-corrected chi connectivity index (χ2v) is 1.89. The van der Waals surface area contributed by atoms with Crippen molar-refractivity contribution in [1.82, 2.24) is 9.38 Å². The molecule has 0 saturated carbocycles. The molecule has 2 aromatic heterocycles. The van der Waals surface area contributed by atoms with Gasteiger partial charge in [0.25, 0.3) is 0 Å². The summed E-state index contributed by atoms with van der Waals surface area (Å²) in [6.45, 7) is 0. The molecule has 1 N–H and O–H groups in total. The zero-order valence-corrected chi connectivity index (χ0v) is 5.11. The minimum Gasteiger partial charge on any atom is -0.422 e. The first-order valence-electron chi connectivity index (χ1n) is 2.83. The molecule has 0 aliphatic carbocycles. The van der Waals surface area contributed by atoms with Gasteiger partial charge in [0.15, 0.2) is 5.76 Å². The third kappa shape index (κ3) is 0.556. The second kappa shape index (κ2) is 1.70. The summed E-state index contributed by atoms with van der Waals surface area (Å²) in [5.41, 5.74) is 0. The average molecular weight is 135 g/mol. The number of oxazole rings is 1. The number of fused-ring (bicyclic) bond motifs is 1. The highest BCUT2D eigenvalue weighted by Crippen LogP contribution is 2.04. The first-order valence-corrected chi connectivity index (χ1v) is 2.83. The van der Waals surface area contributed by atoms with Crippen molar-refractivity contribution in [2.75, 3.05) is 0 Å². The molecule has 0 saturated heterocycles. The van der Waals surface area contributed by atoms with E-state index in [4.69, 9.17) is 9.83 Å². The van der Waals surface area contributed by atoms with Crippen LogP contribution in [0.4, 0.5) is 0 Å². The molecular formula is C6H5N3O. The van der Waals surface area contributed by atoms with Gasteiger partial charge in [-0.25, -0.2) is 4.98 Å². The minimum absolute atomic E-state index is 0.517. The standard InChI is InChI=1S/C6H5N3O/c7-3-5-4-9-2-1-8-6(9)10-5/h1-4,7H. The van der Waals surface area contributed by atoms with Crippen LogP contribution in [0.5, 0.6) is 0 Å². The van der Waals surface area contributed by atoms with Crippen LogP contribution in [0.1, 0.15) is 5.76 Å². The smallest absolute Gasteiger partial charge is 0.306 e. The summed E-state index contributed by atoms with van der Waals surface area (Å²) in [5.74, 6) is 1.04. The summed E-state index contributed by atoms with van der Waals surface area (Å²) < 4.78 is 6.79. The molecule has 10 heavy (non-hydrogen) atoms. The average Bonchev–Trinajstić information content (AvgIpc) is 2.42. The van der Waals surface area contributed by atoms with E-state index in [-0.39, 0.29) is 0 Å². The normalized spacial score (nSPS) is 10.4.